The van der Waals surface area contributed by atoms with Crippen LogP contribution in [0.1, 0.15) is 104 Å². The van der Waals surface area contributed by atoms with Gasteiger partial charge in [-0.25, -0.2) is 0 Å². The first kappa shape index (κ1) is 19.2. The minimum atomic E-state index is 0.0608. The van der Waals surface area contributed by atoms with Crippen LogP contribution in [0.25, 0.3) is 0 Å². The van der Waals surface area contributed by atoms with Gasteiger partial charge in [0.25, 0.3) is 0 Å². The van der Waals surface area contributed by atoms with Crippen LogP contribution in [0.15, 0.2) is 0 Å². The number of esters is 1. The summed E-state index contributed by atoms with van der Waals surface area (Å²) in [5, 5.41) is 0. The van der Waals surface area contributed by atoms with Gasteiger partial charge in [-0.05, 0) is 81.0 Å². The summed E-state index contributed by atoms with van der Waals surface area (Å²) in [6.07, 6.45) is 17.9. The smallest absolute Gasteiger partial charge is 0.306 e. The zero-order valence-corrected chi connectivity index (χ0v) is 16.7. The Morgan fingerprint density at radius 3 is 2.28 bits per heavy atom. The molecule has 3 saturated carbocycles. The first-order chi connectivity index (χ1) is 12.2. The molecule has 0 heterocycles. The Kier molecular flexibility index (Phi) is 7.25. The predicted molar refractivity (Wildman–Crippen MR) is 103 cm³/mol. The summed E-state index contributed by atoms with van der Waals surface area (Å²) >= 11 is 0. The highest BCUT2D eigenvalue weighted by atomic mass is 16.5. The molecule has 144 valence electrons. The van der Waals surface area contributed by atoms with E-state index in [1.165, 1.54) is 57.8 Å². The van der Waals surface area contributed by atoms with Crippen molar-refractivity contribution < 1.29 is 9.53 Å². The van der Waals surface area contributed by atoms with Gasteiger partial charge in [0.05, 0.1) is 0 Å². The summed E-state index contributed by atoms with van der Waals surface area (Å²) in [6.45, 7) is 4.52. The Hall–Kier alpha value is -0.530. The highest BCUT2D eigenvalue weighted by Gasteiger charge is 2.44. The molecule has 0 aromatic rings. The van der Waals surface area contributed by atoms with Crippen LogP contribution in [0.4, 0.5) is 0 Å². The van der Waals surface area contributed by atoms with Crippen molar-refractivity contribution in [3.05, 3.63) is 0 Å². The standard InChI is InChI=1S/C23H40O2/c1-3-5-6-8-23(24)25-20-12-14-22-19(16-20)11-10-18-15-17(7-4-2)9-13-21(18)22/h17-22H,3-16H2,1-2H3. The predicted octanol–water partition coefficient (Wildman–Crippen LogP) is 6.52. The molecule has 0 saturated heterocycles. The van der Waals surface area contributed by atoms with Crippen LogP contribution < -0.4 is 0 Å². The third kappa shape index (κ3) is 5.01. The number of hydrogen-bond acceptors (Lipinski definition) is 2. The van der Waals surface area contributed by atoms with Gasteiger partial charge in [-0.2, -0.15) is 0 Å². The van der Waals surface area contributed by atoms with Gasteiger partial charge in [-0.1, -0.05) is 46.0 Å². The van der Waals surface area contributed by atoms with Gasteiger partial charge in [-0.3, -0.25) is 4.79 Å². The molecule has 0 N–H and O–H groups in total. The van der Waals surface area contributed by atoms with Crippen LogP contribution in [0.5, 0.6) is 0 Å². The molecule has 3 aliphatic rings. The van der Waals surface area contributed by atoms with Crippen molar-refractivity contribution in [2.24, 2.45) is 29.6 Å². The molecular formula is C23H40O2. The molecule has 0 aromatic carbocycles. The second kappa shape index (κ2) is 9.42. The quantitative estimate of drug-likeness (QED) is 0.386. The summed E-state index contributed by atoms with van der Waals surface area (Å²) < 4.78 is 5.83. The number of ether oxygens (including phenoxy) is 1. The maximum Gasteiger partial charge on any atom is 0.306 e. The highest BCUT2D eigenvalue weighted by Crippen LogP contribution is 2.53. The fourth-order valence-electron chi connectivity index (χ4n) is 6.39. The van der Waals surface area contributed by atoms with Crippen LogP contribution in [-0.4, -0.2) is 12.1 Å². The van der Waals surface area contributed by atoms with Crippen LogP contribution in [-0.2, 0) is 9.53 Å². The molecule has 25 heavy (non-hydrogen) atoms. The lowest BCUT2D eigenvalue weighted by Gasteiger charge is -2.50. The monoisotopic (exact) mass is 348 g/mol. The molecule has 3 aliphatic carbocycles. The zero-order chi connectivity index (χ0) is 17.6. The molecule has 0 radical (unpaired) electrons. The van der Waals surface area contributed by atoms with E-state index in [0.29, 0.717) is 6.42 Å². The van der Waals surface area contributed by atoms with E-state index in [2.05, 4.69) is 13.8 Å². The molecule has 2 nitrogen and oxygen atoms in total. The van der Waals surface area contributed by atoms with Crippen LogP contribution in [0, 0.1) is 29.6 Å². The first-order valence-electron chi connectivity index (χ1n) is 11.4. The Bertz CT molecular complexity index is 418. The fourth-order valence-corrected chi connectivity index (χ4v) is 6.39. The second-order valence-electron chi connectivity index (χ2n) is 9.27. The SMILES string of the molecule is CCCCCC(=O)OC1CCC2C(CCC3CC(CCC)CCC32)C1. The average molecular weight is 349 g/mol. The summed E-state index contributed by atoms with van der Waals surface area (Å²) in [5.74, 6) is 4.86. The van der Waals surface area contributed by atoms with Gasteiger partial charge in [0, 0.05) is 6.42 Å². The van der Waals surface area contributed by atoms with Crippen molar-refractivity contribution >= 4 is 5.97 Å². The van der Waals surface area contributed by atoms with E-state index >= 15 is 0 Å². The minimum absolute atomic E-state index is 0.0608. The summed E-state index contributed by atoms with van der Waals surface area (Å²) in [4.78, 5) is 12.0. The maximum atomic E-state index is 12.0. The summed E-state index contributed by atoms with van der Waals surface area (Å²) in [6, 6.07) is 0. The number of hydrogen-bond donors (Lipinski definition) is 0. The maximum absolute atomic E-state index is 12.0. The number of carbonyl (C=O) groups excluding carboxylic acids is 1. The highest BCUT2D eigenvalue weighted by molar-refractivity contribution is 5.69. The van der Waals surface area contributed by atoms with Crippen molar-refractivity contribution in [3.63, 3.8) is 0 Å². The number of carbonyl (C=O) groups is 1. The third-order valence-corrected chi connectivity index (χ3v) is 7.58. The fraction of sp³-hybridized carbons (Fsp3) is 0.957. The van der Waals surface area contributed by atoms with E-state index in [-0.39, 0.29) is 12.1 Å². The van der Waals surface area contributed by atoms with Crippen LogP contribution >= 0.6 is 0 Å². The molecule has 6 atom stereocenters. The molecule has 0 aliphatic heterocycles. The Morgan fingerprint density at radius 1 is 0.840 bits per heavy atom. The summed E-state index contributed by atoms with van der Waals surface area (Å²) in [7, 11) is 0. The average Bonchev–Trinajstić information content (AvgIpc) is 2.62. The Morgan fingerprint density at radius 2 is 1.56 bits per heavy atom. The van der Waals surface area contributed by atoms with Crippen molar-refractivity contribution in [2.75, 3.05) is 0 Å². The Balaban J connectivity index is 1.46. The molecule has 2 heteroatoms. The lowest BCUT2D eigenvalue weighted by Crippen LogP contribution is -2.43. The van der Waals surface area contributed by atoms with Gasteiger partial charge in [0.2, 0.25) is 0 Å². The van der Waals surface area contributed by atoms with E-state index in [0.717, 1.165) is 55.3 Å². The van der Waals surface area contributed by atoms with Gasteiger partial charge in [-0.15, -0.1) is 0 Å². The number of fused-ring (bicyclic) bond motifs is 3. The van der Waals surface area contributed by atoms with E-state index in [4.69, 9.17) is 4.74 Å². The van der Waals surface area contributed by atoms with Crippen molar-refractivity contribution in [1.82, 2.24) is 0 Å². The molecule has 0 amide bonds. The number of unbranched alkanes of at least 4 members (excludes halogenated alkanes) is 2. The normalized spacial score (nSPS) is 37.8. The van der Waals surface area contributed by atoms with E-state index < -0.39 is 0 Å². The molecule has 0 bridgehead atoms. The van der Waals surface area contributed by atoms with Crippen LogP contribution in [0.2, 0.25) is 0 Å². The molecule has 0 spiro atoms. The van der Waals surface area contributed by atoms with E-state index in [1.54, 1.807) is 0 Å². The van der Waals surface area contributed by atoms with Crippen LogP contribution in [0.3, 0.4) is 0 Å². The Labute approximate surface area is 155 Å². The summed E-state index contributed by atoms with van der Waals surface area (Å²) in [5.41, 5.74) is 0. The molecule has 6 unspecified atom stereocenters. The number of rotatable bonds is 7. The van der Waals surface area contributed by atoms with Gasteiger partial charge < -0.3 is 4.74 Å². The largest absolute Gasteiger partial charge is 0.462 e. The molecule has 0 aromatic heterocycles. The van der Waals surface area contributed by atoms with Gasteiger partial charge >= 0.3 is 5.97 Å². The molecule has 3 rings (SSSR count). The van der Waals surface area contributed by atoms with Gasteiger partial charge in [0.1, 0.15) is 6.10 Å². The van der Waals surface area contributed by atoms with Crippen molar-refractivity contribution in [3.8, 4) is 0 Å². The lowest BCUT2D eigenvalue weighted by atomic mass is 9.56. The molecule has 3 fully saturated rings. The lowest BCUT2D eigenvalue weighted by molar-refractivity contribution is -0.153. The van der Waals surface area contributed by atoms with Crippen molar-refractivity contribution in [2.45, 2.75) is 110 Å². The topological polar surface area (TPSA) is 26.3 Å². The first-order valence-corrected chi connectivity index (χ1v) is 11.4. The van der Waals surface area contributed by atoms with E-state index in [1.807, 2.05) is 0 Å². The zero-order valence-electron chi connectivity index (χ0n) is 16.7. The molecular weight excluding hydrogens is 308 g/mol. The van der Waals surface area contributed by atoms with Crippen molar-refractivity contribution in [1.29, 1.82) is 0 Å². The second-order valence-corrected chi connectivity index (χ2v) is 9.27. The third-order valence-electron chi connectivity index (χ3n) is 7.58. The van der Waals surface area contributed by atoms with Gasteiger partial charge in [0.15, 0.2) is 0 Å². The minimum Gasteiger partial charge on any atom is -0.462 e. The van der Waals surface area contributed by atoms with E-state index in [9.17, 15) is 4.79 Å².